The predicted octanol–water partition coefficient (Wildman–Crippen LogP) is 2.53. The van der Waals surface area contributed by atoms with Crippen LogP contribution in [0.2, 0.25) is 0 Å². The van der Waals surface area contributed by atoms with Gasteiger partial charge in [-0.05, 0) is 50.4 Å². The lowest BCUT2D eigenvalue weighted by molar-refractivity contribution is -0.152. The molecule has 0 bridgehead atoms. The zero-order valence-corrected chi connectivity index (χ0v) is 13.3. The highest BCUT2D eigenvalue weighted by Crippen LogP contribution is 2.36. The van der Waals surface area contributed by atoms with Crippen LogP contribution in [-0.4, -0.2) is 48.8 Å². The van der Waals surface area contributed by atoms with Crippen LogP contribution in [-0.2, 0) is 14.3 Å². The summed E-state index contributed by atoms with van der Waals surface area (Å²) in [4.78, 5) is 14.8. The molecule has 22 heavy (non-hydrogen) atoms. The summed E-state index contributed by atoms with van der Waals surface area (Å²) in [6.45, 7) is 2.31. The van der Waals surface area contributed by atoms with Gasteiger partial charge < -0.3 is 14.4 Å². The summed E-state index contributed by atoms with van der Waals surface area (Å²) in [7, 11) is 0. The smallest absolute Gasteiger partial charge is 0.223 e. The molecule has 0 radical (unpaired) electrons. The van der Waals surface area contributed by atoms with E-state index in [1.165, 1.54) is 12.8 Å². The van der Waals surface area contributed by atoms with Gasteiger partial charge in [0, 0.05) is 19.6 Å². The number of amides is 1. The number of carbonyl (C=O) groups is 1. The van der Waals surface area contributed by atoms with E-state index in [1.807, 2.05) is 0 Å². The van der Waals surface area contributed by atoms with Gasteiger partial charge in [0.1, 0.15) is 6.10 Å². The fourth-order valence-electron chi connectivity index (χ4n) is 4.15. The van der Waals surface area contributed by atoms with E-state index < -0.39 is 0 Å². The van der Waals surface area contributed by atoms with Gasteiger partial charge in [0.05, 0.1) is 18.8 Å². The largest absolute Gasteiger partial charge is 0.375 e. The van der Waals surface area contributed by atoms with Crippen LogP contribution < -0.4 is 0 Å². The van der Waals surface area contributed by atoms with Crippen LogP contribution in [0.3, 0.4) is 0 Å². The van der Waals surface area contributed by atoms with Gasteiger partial charge in [-0.1, -0.05) is 12.2 Å². The first-order valence-corrected chi connectivity index (χ1v) is 9.00. The molecule has 4 heteroatoms. The van der Waals surface area contributed by atoms with Crippen molar-refractivity contribution in [2.75, 3.05) is 19.8 Å². The molecule has 1 amide bonds. The standard InChI is InChI=1S/C18H27NO3/c20-17(11-13-3-1-2-4-13)19-9-10-21-18-15(19)7-8-16(18)22-12-14-5-6-14/h1,3,13-16,18H,2,4-12H2/t13?,15-,16-,18+/m0/s1. The van der Waals surface area contributed by atoms with Crippen molar-refractivity contribution in [3.8, 4) is 0 Å². The number of carbonyl (C=O) groups excluding carboxylic acids is 1. The third-order valence-corrected chi connectivity index (χ3v) is 5.65. The van der Waals surface area contributed by atoms with Crippen LogP contribution in [0.15, 0.2) is 12.2 Å². The van der Waals surface area contributed by atoms with Gasteiger partial charge in [-0.3, -0.25) is 4.79 Å². The maximum absolute atomic E-state index is 12.7. The van der Waals surface area contributed by atoms with E-state index >= 15 is 0 Å². The van der Waals surface area contributed by atoms with Crippen molar-refractivity contribution in [1.82, 2.24) is 4.90 Å². The van der Waals surface area contributed by atoms with Crippen LogP contribution in [0.25, 0.3) is 0 Å². The Hall–Kier alpha value is -0.870. The normalized spacial score (nSPS) is 37.5. The molecule has 0 aromatic carbocycles. The van der Waals surface area contributed by atoms with Crippen LogP contribution in [0.4, 0.5) is 0 Å². The SMILES string of the molecule is O=C(CC1C=CCC1)N1CCO[C@H]2[C@@H](OCC3CC3)CC[C@@H]21. The molecule has 4 atom stereocenters. The Morgan fingerprint density at radius 1 is 1.23 bits per heavy atom. The molecule has 1 unspecified atom stereocenters. The first kappa shape index (κ1) is 14.7. The van der Waals surface area contributed by atoms with E-state index in [0.717, 1.165) is 44.8 Å². The van der Waals surface area contributed by atoms with Crippen molar-refractivity contribution in [2.24, 2.45) is 11.8 Å². The Bertz CT molecular complexity index is 446. The highest BCUT2D eigenvalue weighted by Gasteiger charge is 2.45. The van der Waals surface area contributed by atoms with Gasteiger partial charge in [0.15, 0.2) is 0 Å². The summed E-state index contributed by atoms with van der Waals surface area (Å²) >= 11 is 0. The molecular weight excluding hydrogens is 278 g/mol. The van der Waals surface area contributed by atoms with Crippen LogP contribution in [0.1, 0.15) is 44.9 Å². The van der Waals surface area contributed by atoms with Crippen molar-refractivity contribution in [3.63, 3.8) is 0 Å². The molecule has 3 aliphatic carbocycles. The van der Waals surface area contributed by atoms with Gasteiger partial charge in [-0.15, -0.1) is 0 Å². The minimum Gasteiger partial charge on any atom is -0.375 e. The first-order valence-electron chi connectivity index (χ1n) is 9.00. The van der Waals surface area contributed by atoms with Crippen LogP contribution in [0, 0.1) is 11.8 Å². The summed E-state index contributed by atoms with van der Waals surface area (Å²) in [5, 5.41) is 0. The van der Waals surface area contributed by atoms with Crippen molar-refractivity contribution in [3.05, 3.63) is 12.2 Å². The Labute approximate surface area is 132 Å². The lowest BCUT2D eigenvalue weighted by atomic mass is 10.0. The quantitative estimate of drug-likeness (QED) is 0.733. The van der Waals surface area contributed by atoms with Gasteiger partial charge in [-0.25, -0.2) is 0 Å². The summed E-state index contributed by atoms with van der Waals surface area (Å²) in [6, 6.07) is 0.246. The van der Waals surface area contributed by atoms with Gasteiger partial charge in [0.25, 0.3) is 0 Å². The second-order valence-electron chi connectivity index (χ2n) is 7.35. The summed E-state index contributed by atoms with van der Waals surface area (Å²) in [5.41, 5.74) is 0. The zero-order valence-electron chi connectivity index (χ0n) is 13.3. The highest BCUT2D eigenvalue weighted by atomic mass is 16.5. The number of ether oxygens (including phenoxy) is 2. The summed E-state index contributed by atoms with van der Waals surface area (Å²) in [6.07, 6.45) is 12.4. The average Bonchev–Trinajstić information content (AvgIpc) is 3.05. The maximum Gasteiger partial charge on any atom is 0.223 e. The van der Waals surface area contributed by atoms with Crippen molar-refractivity contribution in [1.29, 1.82) is 0 Å². The third-order valence-electron chi connectivity index (χ3n) is 5.65. The minimum absolute atomic E-state index is 0.107. The Morgan fingerprint density at radius 2 is 2.14 bits per heavy atom. The Morgan fingerprint density at radius 3 is 2.91 bits per heavy atom. The number of allylic oxidation sites excluding steroid dienone is 2. The molecular formula is C18H27NO3. The number of hydrogen-bond acceptors (Lipinski definition) is 3. The highest BCUT2D eigenvalue weighted by molar-refractivity contribution is 5.77. The van der Waals surface area contributed by atoms with Crippen LogP contribution >= 0.6 is 0 Å². The number of morpholine rings is 1. The minimum atomic E-state index is 0.107. The summed E-state index contributed by atoms with van der Waals surface area (Å²) < 4.78 is 12.1. The van der Waals surface area contributed by atoms with Crippen LogP contribution in [0.5, 0.6) is 0 Å². The molecule has 4 nitrogen and oxygen atoms in total. The molecule has 1 aliphatic heterocycles. The molecule has 4 aliphatic rings. The Balaban J connectivity index is 1.34. The molecule has 0 N–H and O–H groups in total. The molecule has 2 saturated carbocycles. The topological polar surface area (TPSA) is 38.8 Å². The molecule has 4 rings (SSSR count). The fraction of sp³-hybridized carbons (Fsp3) is 0.833. The molecule has 1 saturated heterocycles. The van der Waals surface area contributed by atoms with E-state index in [-0.39, 0.29) is 18.2 Å². The van der Waals surface area contributed by atoms with Crippen molar-refractivity contribution < 1.29 is 14.3 Å². The molecule has 3 fully saturated rings. The molecule has 1 heterocycles. The second-order valence-corrected chi connectivity index (χ2v) is 7.35. The average molecular weight is 305 g/mol. The Kier molecular flexibility index (Phi) is 4.23. The zero-order chi connectivity index (χ0) is 14.9. The number of hydrogen-bond donors (Lipinski definition) is 0. The molecule has 0 spiro atoms. The number of fused-ring (bicyclic) bond motifs is 1. The predicted molar refractivity (Wildman–Crippen MR) is 83.4 cm³/mol. The monoisotopic (exact) mass is 305 g/mol. The van der Waals surface area contributed by atoms with Crippen molar-refractivity contribution >= 4 is 5.91 Å². The van der Waals surface area contributed by atoms with Crippen molar-refractivity contribution in [2.45, 2.75) is 63.2 Å². The lowest BCUT2D eigenvalue weighted by Crippen LogP contribution is -2.54. The van der Waals surface area contributed by atoms with Gasteiger partial charge in [0.2, 0.25) is 5.91 Å². The lowest BCUT2D eigenvalue weighted by Gasteiger charge is -2.39. The third kappa shape index (κ3) is 3.09. The van der Waals surface area contributed by atoms with Gasteiger partial charge in [-0.2, -0.15) is 0 Å². The van der Waals surface area contributed by atoms with E-state index in [2.05, 4.69) is 17.1 Å². The van der Waals surface area contributed by atoms with E-state index in [1.54, 1.807) is 0 Å². The molecule has 0 aromatic heterocycles. The fourth-order valence-corrected chi connectivity index (χ4v) is 4.15. The maximum atomic E-state index is 12.7. The first-order chi connectivity index (χ1) is 10.8. The van der Waals surface area contributed by atoms with E-state index in [4.69, 9.17) is 9.47 Å². The second kappa shape index (κ2) is 6.32. The van der Waals surface area contributed by atoms with E-state index in [9.17, 15) is 4.79 Å². The number of rotatable bonds is 5. The molecule has 122 valence electrons. The molecule has 0 aromatic rings. The summed E-state index contributed by atoms with van der Waals surface area (Å²) in [5.74, 6) is 1.56. The van der Waals surface area contributed by atoms with E-state index in [0.29, 0.717) is 24.9 Å². The van der Waals surface area contributed by atoms with Gasteiger partial charge >= 0.3 is 0 Å². The number of nitrogens with zero attached hydrogens (tertiary/aromatic N) is 1.